The SMILES string of the molecule is CC(NC(=O)N(CCCl)N=O)C(=O)NCCCl. The summed E-state index contributed by atoms with van der Waals surface area (Å²) >= 11 is 10.8. The van der Waals surface area contributed by atoms with Crippen LogP contribution in [0.25, 0.3) is 0 Å². The molecule has 0 aliphatic rings. The Kier molecular flexibility index (Phi) is 8.43. The maximum absolute atomic E-state index is 11.4. The average molecular weight is 285 g/mol. The highest BCUT2D eigenvalue weighted by Crippen LogP contribution is 1.94. The molecule has 0 aliphatic carbocycles. The van der Waals surface area contributed by atoms with Crippen LogP contribution in [0.3, 0.4) is 0 Å². The van der Waals surface area contributed by atoms with Crippen LogP contribution >= 0.6 is 23.2 Å². The lowest BCUT2D eigenvalue weighted by Gasteiger charge is -2.17. The Balaban J connectivity index is 4.17. The molecule has 0 aromatic heterocycles. The molecule has 0 saturated heterocycles. The Morgan fingerprint density at radius 1 is 1.35 bits per heavy atom. The maximum atomic E-state index is 11.4. The highest BCUT2D eigenvalue weighted by atomic mass is 35.5. The Morgan fingerprint density at radius 2 is 2.00 bits per heavy atom. The van der Waals surface area contributed by atoms with Gasteiger partial charge in [-0.05, 0) is 6.92 Å². The van der Waals surface area contributed by atoms with Gasteiger partial charge in [0.1, 0.15) is 6.04 Å². The molecule has 0 aromatic carbocycles. The first-order valence-electron chi connectivity index (χ1n) is 4.87. The van der Waals surface area contributed by atoms with E-state index in [4.69, 9.17) is 23.2 Å². The number of alkyl halides is 2. The van der Waals surface area contributed by atoms with Gasteiger partial charge in [-0.15, -0.1) is 28.1 Å². The molecule has 0 aromatic rings. The zero-order chi connectivity index (χ0) is 13.3. The largest absolute Gasteiger partial charge is 0.353 e. The van der Waals surface area contributed by atoms with E-state index in [2.05, 4.69) is 15.9 Å². The number of nitrogens with one attached hydrogen (secondary N) is 2. The van der Waals surface area contributed by atoms with Crippen molar-refractivity contribution in [3.63, 3.8) is 0 Å². The Morgan fingerprint density at radius 3 is 2.47 bits per heavy atom. The van der Waals surface area contributed by atoms with Crippen molar-refractivity contribution >= 4 is 35.1 Å². The smallest absolute Gasteiger partial charge is 0.341 e. The van der Waals surface area contributed by atoms with Gasteiger partial charge in [-0.25, -0.2) is 4.79 Å². The van der Waals surface area contributed by atoms with Gasteiger partial charge in [0.05, 0.1) is 11.8 Å². The van der Waals surface area contributed by atoms with Gasteiger partial charge in [0.2, 0.25) is 5.91 Å². The highest BCUT2D eigenvalue weighted by Gasteiger charge is 2.19. The molecule has 0 bridgehead atoms. The summed E-state index contributed by atoms with van der Waals surface area (Å²) in [6.07, 6.45) is 0. The van der Waals surface area contributed by atoms with E-state index in [1.54, 1.807) is 0 Å². The molecule has 0 spiro atoms. The zero-order valence-corrected chi connectivity index (χ0v) is 10.8. The fraction of sp³-hybridized carbons (Fsp3) is 0.750. The molecule has 0 radical (unpaired) electrons. The van der Waals surface area contributed by atoms with Gasteiger partial charge in [-0.1, -0.05) is 0 Å². The first kappa shape index (κ1) is 15.9. The number of hydrogen-bond donors (Lipinski definition) is 2. The fourth-order valence-corrected chi connectivity index (χ4v) is 1.16. The molecule has 2 N–H and O–H groups in total. The van der Waals surface area contributed by atoms with E-state index in [0.29, 0.717) is 11.6 Å². The van der Waals surface area contributed by atoms with Gasteiger partial charge >= 0.3 is 6.03 Å². The number of nitrogens with zero attached hydrogens (tertiary/aromatic N) is 2. The van der Waals surface area contributed by atoms with Crippen LogP contribution < -0.4 is 10.6 Å². The van der Waals surface area contributed by atoms with Crippen LogP contribution in [-0.2, 0) is 4.79 Å². The van der Waals surface area contributed by atoms with Gasteiger partial charge in [-0.3, -0.25) is 4.79 Å². The summed E-state index contributed by atoms with van der Waals surface area (Å²) in [6, 6.07) is -1.56. The second-order valence-corrected chi connectivity index (χ2v) is 3.80. The Hall–Kier alpha value is -1.08. The molecule has 3 amide bonds. The summed E-state index contributed by atoms with van der Waals surface area (Å²) in [4.78, 5) is 33.1. The van der Waals surface area contributed by atoms with Crippen LogP contribution in [-0.4, -0.2) is 47.8 Å². The van der Waals surface area contributed by atoms with E-state index in [1.807, 2.05) is 0 Å². The number of urea groups is 1. The van der Waals surface area contributed by atoms with E-state index in [1.165, 1.54) is 6.92 Å². The third-order valence-electron chi connectivity index (χ3n) is 1.76. The molecule has 17 heavy (non-hydrogen) atoms. The number of rotatable bonds is 7. The molecule has 7 nitrogen and oxygen atoms in total. The number of carbonyl (C=O) groups excluding carboxylic acids is 2. The summed E-state index contributed by atoms with van der Waals surface area (Å²) in [5.41, 5.74) is 0. The summed E-state index contributed by atoms with van der Waals surface area (Å²) < 4.78 is 0. The quantitative estimate of drug-likeness (QED) is 0.409. The van der Waals surface area contributed by atoms with Crippen molar-refractivity contribution in [3.05, 3.63) is 4.91 Å². The minimum Gasteiger partial charge on any atom is -0.353 e. The Labute approximate surface area is 109 Å². The number of hydrogen-bond acceptors (Lipinski definition) is 4. The van der Waals surface area contributed by atoms with Gasteiger partial charge in [0, 0.05) is 18.3 Å². The molecular formula is C8H14Cl2N4O3. The number of carbonyl (C=O) groups is 2. The van der Waals surface area contributed by atoms with E-state index < -0.39 is 18.0 Å². The van der Waals surface area contributed by atoms with E-state index in [-0.39, 0.29) is 18.3 Å². The predicted molar refractivity (Wildman–Crippen MR) is 64.9 cm³/mol. The third-order valence-corrected chi connectivity index (χ3v) is 2.11. The van der Waals surface area contributed by atoms with Crippen LogP contribution in [0, 0.1) is 4.91 Å². The van der Waals surface area contributed by atoms with E-state index >= 15 is 0 Å². The van der Waals surface area contributed by atoms with Crippen molar-refractivity contribution in [1.29, 1.82) is 0 Å². The standard InChI is InChI=1S/C8H14Cl2N4O3/c1-6(7(15)11-4-2-9)12-8(16)14(13-17)5-3-10/h6H,2-5H2,1H3,(H,11,15)(H,12,16). The van der Waals surface area contributed by atoms with E-state index in [0.717, 1.165) is 0 Å². The van der Waals surface area contributed by atoms with Crippen molar-refractivity contribution < 1.29 is 9.59 Å². The lowest BCUT2D eigenvalue weighted by atomic mass is 10.3. The summed E-state index contributed by atoms with van der Waals surface area (Å²) in [5, 5.41) is 7.89. The van der Waals surface area contributed by atoms with Crippen molar-refractivity contribution in [3.8, 4) is 0 Å². The predicted octanol–water partition coefficient (Wildman–Crippen LogP) is 0.662. The monoisotopic (exact) mass is 284 g/mol. The number of halogens is 2. The second-order valence-electron chi connectivity index (χ2n) is 3.04. The van der Waals surface area contributed by atoms with Crippen molar-refractivity contribution in [2.45, 2.75) is 13.0 Å². The molecule has 0 heterocycles. The zero-order valence-electron chi connectivity index (χ0n) is 9.28. The Bertz CT molecular complexity index is 277. The van der Waals surface area contributed by atoms with Crippen LogP contribution in [0.5, 0.6) is 0 Å². The first-order chi connectivity index (χ1) is 8.06. The summed E-state index contributed by atoms with van der Waals surface area (Å²) in [6.45, 7) is 1.76. The molecule has 1 unspecified atom stereocenters. The summed E-state index contributed by atoms with van der Waals surface area (Å²) in [5.74, 6) is -0.0390. The topological polar surface area (TPSA) is 90.9 Å². The minimum atomic E-state index is -0.787. The van der Waals surface area contributed by atoms with E-state index in [9.17, 15) is 14.5 Å². The van der Waals surface area contributed by atoms with Gasteiger partial charge in [0.25, 0.3) is 0 Å². The van der Waals surface area contributed by atoms with Crippen molar-refractivity contribution in [2.24, 2.45) is 5.29 Å². The maximum Gasteiger partial charge on any atom is 0.341 e. The highest BCUT2D eigenvalue weighted by molar-refractivity contribution is 6.18. The molecule has 1 atom stereocenters. The average Bonchev–Trinajstić information content (AvgIpc) is 2.32. The van der Waals surface area contributed by atoms with Gasteiger partial charge in [-0.2, -0.15) is 5.01 Å². The normalized spacial score (nSPS) is 11.5. The van der Waals surface area contributed by atoms with Gasteiger partial charge < -0.3 is 10.6 Å². The molecule has 9 heteroatoms. The lowest BCUT2D eigenvalue weighted by Crippen LogP contribution is -2.49. The molecule has 0 saturated carbocycles. The number of amides is 3. The van der Waals surface area contributed by atoms with Crippen LogP contribution in [0.4, 0.5) is 4.79 Å². The fourth-order valence-electron chi connectivity index (χ4n) is 0.908. The van der Waals surface area contributed by atoms with Crippen LogP contribution in [0.15, 0.2) is 5.29 Å². The molecule has 98 valence electrons. The second kappa shape index (κ2) is 9.00. The summed E-state index contributed by atoms with van der Waals surface area (Å²) in [7, 11) is 0. The lowest BCUT2D eigenvalue weighted by molar-refractivity contribution is -0.122. The number of nitroso groups, excluding NO2 is 1. The third kappa shape index (κ3) is 6.28. The van der Waals surface area contributed by atoms with Crippen LogP contribution in [0.1, 0.15) is 6.92 Å². The van der Waals surface area contributed by atoms with Crippen LogP contribution in [0.2, 0.25) is 0 Å². The van der Waals surface area contributed by atoms with Gasteiger partial charge in [0.15, 0.2) is 0 Å². The molecule has 0 aliphatic heterocycles. The van der Waals surface area contributed by atoms with Crippen molar-refractivity contribution in [2.75, 3.05) is 24.8 Å². The minimum absolute atomic E-state index is 0.0209. The molecule has 0 rings (SSSR count). The van der Waals surface area contributed by atoms with Crippen molar-refractivity contribution in [1.82, 2.24) is 15.6 Å². The molecular weight excluding hydrogens is 271 g/mol. The molecule has 0 fully saturated rings. The first-order valence-corrected chi connectivity index (χ1v) is 5.94.